The number of pyridine rings is 1. The lowest BCUT2D eigenvalue weighted by Gasteiger charge is -1.98. The van der Waals surface area contributed by atoms with Crippen molar-refractivity contribution < 1.29 is 8.76 Å². The number of aromatic nitrogens is 1. The van der Waals surface area contributed by atoms with Crippen LogP contribution in [0.3, 0.4) is 0 Å². The number of hydrogen-bond acceptors (Lipinski definition) is 2. The van der Waals surface area contributed by atoms with Crippen LogP contribution in [0.2, 0.25) is 0 Å². The van der Waals surface area contributed by atoms with E-state index < -0.39 is 11.1 Å². The van der Waals surface area contributed by atoms with Crippen molar-refractivity contribution in [1.82, 2.24) is 4.98 Å². The Labute approximate surface area is 67.8 Å². The van der Waals surface area contributed by atoms with Gasteiger partial charge in [-0.1, -0.05) is 0 Å². The Kier molecular flexibility index (Phi) is 2.36. The van der Waals surface area contributed by atoms with Crippen LogP contribution in [0.25, 0.3) is 0 Å². The third kappa shape index (κ3) is 2.10. The van der Waals surface area contributed by atoms with E-state index in [1.165, 1.54) is 0 Å². The summed E-state index contributed by atoms with van der Waals surface area (Å²) in [5.74, 6) is 0. The first-order valence-corrected chi connectivity index (χ1v) is 4.26. The normalized spacial score (nSPS) is 13.0. The molecule has 0 aromatic carbocycles. The van der Waals surface area contributed by atoms with Gasteiger partial charge in [0.2, 0.25) is 11.1 Å². The van der Waals surface area contributed by atoms with Gasteiger partial charge in [0.15, 0.2) is 5.03 Å². The highest BCUT2D eigenvalue weighted by atomic mass is 32.2. The van der Waals surface area contributed by atoms with Gasteiger partial charge >= 0.3 is 0 Å². The average Bonchev–Trinajstić information content (AvgIpc) is 1.85. The third-order valence-corrected chi connectivity index (χ3v) is 1.82. The average molecular weight is 171 g/mol. The van der Waals surface area contributed by atoms with Gasteiger partial charge in [0, 0.05) is 5.69 Å². The number of hydrogen-bond donors (Lipinski definition) is 1. The summed E-state index contributed by atoms with van der Waals surface area (Å²) in [6.07, 6.45) is 0. The Hall–Kier alpha value is -0.740. The van der Waals surface area contributed by atoms with Crippen molar-refractivity contribution in [2.24, 2.45) is 0 Å². The van der Waals surface area contributed by atoms with Gasteiger partial charge in [-0.25, -0.2) is 9.19 Å². The van der Waals surface area contributed by atoms with E-state index in [-0.39, 0.29) is 5.03 Å². The third-order valence-electron chi connectivity index (χ3n) is 1.25. The Morgan fingerprint density at radius 3 is 2.55 bits per heavy atom. The van der Waals surface area contributed by atoms with Crippen molar-refractivity contribution >= 4 is 11.1 Å². The summed E-state index contributed by atoms with van der Waals surface area (Å²) in [5.41, 5.74) is 1.72. The largest absolute Gasteiger partial charge is 0.301 e. The molecule has 0 aliphatic heterocycles. The number of rotatable bonds is 1. The van der Waals surface area contributed by atoms with Crippen LogP contribution >= 0.6 is 0 Å². The number of aryl methyl sites for hydroxylation is 2. The van der Waals surface area contributed by atoms with Gasteiger partial charge in [-0.05, 0) is 31.5 Å². The van der Waals surface area contributed by atoms with Gasteiger partial charge in [0.1, 0.15) is 0 Å². The fourth-order valence-corrected chi connectivity index (χ4v) is 1.40. The lowest BCUT2D eigenvalue weighted by molar-refractivity contribution is 0.560. The van der Waals surface area contributed by atoms with Gasteiger partial charge in [-0.15, -0.1) is 0 Å². The van der Waals surface area contributed by atoms with Gasteiger partial charge in [-0.3, -0.25) is 0 Å². The maximum atomic E-state index is 10.6. The van der Waals surface area contributed by atoms with Gasteiger partial charge < -0.3 is 4.55 Å². The minimum atomic E-state index is -1.96. The molecule has 0 spiro atoms. The molecule has 0 bridgehead atoms. The summed E-state index contributed by atoms with van der Waals surface area (Å²) in [4.78, 5) is 3.88. The first kappa shape index (κ1) is 8.36. The highest BCUT2D eigenvalue weighted by molar-refractivity contribution is 7.79. The molecular weight excluding hydrogens is 162 g/mol. The SMILES string of the molecule is Cc1cc(C)nc(S(=O)O)c1. The molecule has 3 nitrogen and oxygen atoms in total. The van der Waals surface area contributed by atoms with Gasteiger partial charge in [-0.2, -0.15) is 0 Å². The summed E-state index contributed by atoms with van der Waals surface area (Å²) in [7, 11) is 0. The van der Waals surface area contributed by atoms with Crippen LogP contribution in [0, 0.1) is 13.8 Å². The van der Waals surface area contributed by atoms with E-state index in [0.717, 1.165) is 11.3 Å². The van der Waals surface area contributed by atoms with Gasteiger partial charge in [0.05, 0.1) is 0 Å². The Morgan fingerprint density at radius 1 is 1.45 bits per heavy atom. The van der Waals surface area contributed by atoms with Crippen LogP contribution in [0.1, 0.15) is 11.3 Å². The lowest BCUT2D eigenvalue weighted by Crippen LogP contribution is -1.95. The highest BCUT2D eigenvalue weighted by Crippen LogP contribution is 2.06. The molecule has 1 unspecified atom stereocenters. The molecule has 0 radical (unpaired) electrons. The minimum Gasteiger partial charge on any atom is -0.301 e. The summed E-state index contributed by atoms with van der Waals surface area (Å²) in [6, 6.07) is 3.46. The maximum Gasteiger partial charge on any atom is 0.205 e. The second-order valence-electron chi connectivity index (χ2n) is 2.37. The zero-order valence-corrected chi connectivity index (χ0v) is 7.18. The van der Waals surface area contributed by atoms with E-state index >= 15 is 0 Å². The summed E-state index contributed by atoms with van der Waals surface area (Å²) < 4.78 is 19.2. The molecule has 1 rings (SSSR count). The highest BCUT2D eigenvalue weighted by Gasteiger charge is 2.01. The Morgan fingerprint density at radius 2 is 2.09 bits per heavy atom. The molecule has 0 saturated heterocycles. The molecule has 0 aliphatic carbocycles. The van der Waals surface area contributed by atoms with Crippen LogP contribution in [-0.2, 0) is 11.1 Å². The standard InChI is InChI=1S/C7H9NO2S/c1-5-3-6(2)8-7(4-5)11(9)10/h3-4H,1-2H3,(H,9,10). The van der Waals surface area contributed by atoms with Gasteiger partial charge in [0.25, 0.3) is 0 Å². The van der Waals surface area contributed by atoms with Crippen LogP contribution in [0.4, 0.5) is 0 Å². The minimum absolute atomic E-state index is 0.225. The zero-order valence-electron chi connectivity index (χ0n) is 6.37. The van der Waals surface area contributed by atoms with E-state index in [1.807, 2.05) is 13.0 Å². The van der Waals surface area contributed by atoms with Crippen molar-refractivity contribution in [3.8, 4) is 0 Å². The summed E-state index contributed by atoms with van der Waals surface area (Å²) in [6.45, 7) is 3.66. The molecule has 1 atom stereocenters. The second kappa shape index (κ2) is 3.11. The topological polar surface area (TPSA) is 50.2 Å². The first-order valence-electron chi connectivity index (χ1n) is 3.16. The molecule has 0 amide bonds. The van der Waals surface area contributed by atoms with E-state index in [4.69, 9.17) is 4.55 Å². The molecule has 1 aromatic rings. The maximum absolute atomic E-state index is 10.6. The molecule has 1 heterocycles. The molecule has 60 valence electrons. The fourth-order valence-electron chi connectivity index (χ4n) is 0.894. The summed E-state index contributed by atoms with van der Waals surface area (Å²) in [5, 5.41) is 0.225. The van der Waals surface area contributed by atoms with Crippen molar-refractivity contribution in [3.63, 3.8) is 0 Å². The van der Waals surface area contributed by atoms with Crippen molar-refractivity contribution in [2.45, 2.75) is 18.9 Å². The summed E-state index contributed by atoms with van der Waals surface area (Å²) >= 11 is -1.96. The molecule has 4 heteroatoms. The molecule has 1 aromatic heterocycles. The second-order valence-corrected chi connectivity index (χ2v) is 3.29. The molecule has 0 aliphatic rings. The monoisotopic (exact) mass is 171 g/mol. The van der Waals surface area contributed by atoms with Crippen LogP contribution in [-0.4, -0.2) is 13.7 Å². The van der Waals surface area contributed by atoms with Crippen molar-refractivity contribution in [1.29, 1.82) is 0 Å². The molecule has 0 fully saturated rings. The number of nitrogens with zero attached hydrogens (tertiary/aromatic N) is 1. The molecular formula is C7H9NO2S. The van der Waals surface area contributed by atoms with E-state index in [9.17, 15) is 4.21 Å². The lowest BCUT2D eigenvalue weighted by atomic mass is 10.3. The smallest absolute Gasteiger partial charge is 0.205 e. The Balaban J connectivity index is 3.19. The zero-order chi connectivity index (χ0) is 8.43. The fraction of sp³-hybridized carbons (Fsp3) is 0.286. The van der Waals surface area contributed by atoms with Crippen molar-refractivity contribution in [2.75, 3.05) is 0 Å². The molecule has 1 N–H and O–H groups in total. The van der Waals surface area contributed by atoms with E-state index in [0.29, 0.717) is 0 Å². The van der Waals surface area contributed by atoms with Crippen molar-refractivity contribution in [3.05, 3.63) is 23.4 Å². The molecule has 11 heavy (non-hydrogen) atoms. The van der Waals surface area contributed by atoms with E-state index in [1.54, 1.807) is 13.0 Å². The first-order chi connectivity index (χ1) is 5.09. The Bertz CT molecular complexity index is 278. The van der Waals surface area contributed by atoms with Crippen LogP contribution in [0.5, 0.6) is 0 Å². The van der Waals surface area contributed by atoms with Crippen LogP contribution in [0.15, 0.2) is 17.2 Å². The predicted molar refractivity (Wildman–Crippen MR) is 42.7 cm³/mol. The van der Waals surface area contributed by atoms with E-state index in [2.05, 4.69) is 4.98 Å². The quantitative estimate of drug-likeness (QED) is 0.647. The molecule has 0 saturated carbocycles. The van der Waals surface area contributed by atoms with Crippen LogP contribution < -0.4 is 0 Å². The predicted octanol–water partition coefficient (Wildman–Crippen LogP) is 1.28.